The molecular formula is C22H28N4O3S. The van der Waals surface area contributed by atoms with Crippen LogP contribution in [0.5, 0.6) is 0 Å². The van der Waals surface area contributed by atoms with Crippen molar-refractivity contribution in [2.45, 2.75) is 59.5 Å². The minimum atomic E-state index is -0.422. The molecule has 0 aliphatic carbocycles. The molecule has 0 atom stereocenters. The molecule has 0 spiro atoms. The van der Waals surface area contributed by atoms with Crippen LogP contribution < -0.4 is 4.80 Å². The van der Waals surface area contributed by atoms with Gasteiger partial charge in [0.25, 0.3) is 5.91 Å². The largest absolute Gasteiger partial charge is 0.468 e. The lowest BCUT2D eigenvalue weighted by atomic mass is 10.1. The Labute approximate surface area is 180 Å². The summed E-state index contributed by atoms with van der Waals surface area (Å²) in [5, 5.41) is 4.39. The van der Waals surface area contributed by atoms with Gasteiger partial charge in [0.05, 0.1) is 17.3 Å². The van der Waals surface area contributed by atoms with Gasteiger partial charge in [-0.3, -0.25) is 14.3 Å². The molecule has 0 aliphatic rings. The average molecular weight is 429 g/mol. The molecular weight excluding hydrogens is 400 g/mol. The molecule has 2 aromatic heterocycles. The maximum Gasteiger partial charge on any atom is 0.325 e. The summed E-state index contributed by atoms with van der Waals surface area (Å²) in [6, 6.07) is 8.07. The van der Waals surface area contributed by atoms with Crippen LogP contribution in [-0.4, -0.2) is 33.3 Å². The number of rotatable bonds is 7. The summed E-state index contributed by atoms with van der Waals surface area (Å²) in [5.74, 6) is -0.813. The number of amides is 1. The number of hydrogen-bond donors (Lipinski definition) is 0. The van der Waals surface area contributed by atoms with Gasteiger partial charge in [-0.05, 0) is 57.4 Å². The van der Waals surface area contributed by atoms with Gasteiger partial charge in [0.15, 0.2) is 10.5 Å². The predicted molar refractivity (Wildman–Crippen MR) is 118 cm³/mol. The van der Waals surface area contributed by atoms with Crippen molar-refractivity contribution in [1.82, 2.24) is 14.3 Å². The molecule has 0 N–H and O–H groups in total. The number of hydrogen-bond acceptors (Lipinski definition) is 5. The van der Waals surface area contributed by atoms with E-state index in [0.29, 0.717) is 10.5 Å². The smallest absolute Gasteiger partial charge is 0.325 e. The lowest BCUT2D eigenvalue weighted by Crippen LogP contribution is -2.22. The standard InChI is InChI=1S/C22H28N4O3S/c1-6-7-8-16-9-10-18-19(12-16)30-22(25(18)13-20(27)29-5)23-21(28)17-11-15(4)26(24-17)14(2)3/h9-12,14H,6-8,13H2,1-5H3. The van der Waals surface area contributed by atoms with Crippen molar-refractivity contribution in [3.8, 4) is 0 Å². The van der Waals surface area contributed by atoms with Gasteiger partial charge in [-0.1, -0.05) is 30.7 Å². The molecule has 1 amide bonds. The van der Waals surface area contributed by atoms with Crippen LogP contribution in [0.4, 0.5) is 0 Å². The van der Waals surface area contributed by atoms with Gasteiger partial charge in [0.2, 0.25) is 0 Å². The van der Waals surface area contributed by atoms with E-state index in [1.807, 2.05) is 26.8 Å². The Morgan fingerprint density at radius 2 is 2.03 bits per heavy atom. The summed E-state index contributed by atoms with van der Waals surface area (Å²) in [5.41, 5.74) is 3.30. The summed E-state index contributed by atoms with van der Waals surface area (Å²) in [7, 11) is 1.35. The van der Waals surface area contributed by atoms with Crippen molar-refractivity contribution in [2.75, 3.05) is 7.11 Å². The van der Waals surface area contributed by atoms with E-state index in [2.05, 4.69) is 29.1 Å². The number of unbranched alkanes of at least 4 members (excludes halogenated alkanes) is 1. The lowest BCUT2D eigenvalue weighted by molar-refractivity contribution is -0.141. The minimum Gasteiger partial charge on any atom is -0.468 e. The van der Waals surface area contributed by atoms with E-state index >= 15 is 0 Å². The number of methoxy groups -OCH3 is 1. The maximum absolute atomic E-state index is 12.8. The first-order valence-electron chi connectivity index (χ1n) is 10.2. The van der Waals surface area contributed by atoms with Crippen molar-refractivity contribution < 1.29 is 14.3 Å². The molecule has 2 heterocycles. The Morgan fingerprint density at radius 3 is 2.67 bits per heavy atom. The van der Waals surface area contributed by atoms with E-state index < -0.39 is 11.9 Å². The second-order valence-corrected chi connectivity index (χ2v) is 8.59. The van der Waals surface area contributed by atoms with E-state index in [-0.39, 0.29) is 12.6 Å². The van der Waals surface area contributed by atoms with Gasteiger partial charge < -0.3 is 9.30 Å². The quantitative estimate of drug-likeness (QED) is 0.532. The number of carbonyl (C=O) groups excluding carboxylic acids is 2. The first-order chi connectivity index (χ1) is 14.3. The van der Waals surface area contributed by atoms with E-state index in [9.17, 15) is 9.59 Å². The highest BCUT2D eigenvalue weighted by Crippen LogP contribution is 2.21. The van der Waals surface area contributed by atoms with Gasteiger partial charge in [0, 0.05) is 11.7 Å². The van der Waals surface area contributed by atoms with Crippen molar-refractivity contribution in [3.05, 3.63) is 46.0 Å². The zero-order valence-corrected chi connectivity index (χ0v) is 19.0. The van der Waals surface area contributed by atoms with E-state index in [1.54, 1.807) is 15.3 Å². The molecule has 7 nitrogen and oxygen atoms in total. The highest BCUT2D eigenvalue weighted by atomic mass is 32.1. The fraction of sp³-hybridized carbons (Fsp3) is 0.455. The molecule has 0 saturated carbocycles. The number of thiazole rings is 1. The third-order valence-corrected chi connectivity index (χ3v) is 5.95. The van der Waals surface area contributed by atoms with E-state index in [4.69, 9.17) is 4.74 Å². The van der Waals surface area contributed by atoms with Crippen LogP contribution in [0.3, 0.4) is 0 Å². The Kier molecular flexibility index (Phi) is 6.87. The summed E-state index contributed by atoms with van der Waals surface area (Å²) in [4.78, 5) is 29.6. The highest BCUT2D eigenvalue weighted by Gasteiger charge is 2.16. The first kappa shape index (κ1) is 22.0. The van der Waals surface area contributed by atoms with Crippen LogP contribution in [-0.2, 0) is 22.5 Å². The van der Waals surface area contributed by atoms with Crippen molar-refractivity contribution in [1.29, 1.82) is 0 Å². The highest BCUT2D eigenvalue weighted by molar-refractivity contribution is 7.16. The zero-order valence-electron chi connectivity index (χ0n) is 18.1. The Bertz CT molecular complexity index is 1140. The number of nitrogens with zero attached hydrogens (tertiary/aromatic N) is 4. The van der Waals surface area contributed by atoms with Crippen molar-refractivity contribution in [2.24, 2.45) is 4.99 Å². The summed E-state index contributed by atoms with van der Waals surface area (Å²) < 4.78 is 9.37. The zero-order chi connectivity index (χ0) is 21.8. The third kappa shape index (κ3) is 4.70. The molecule has 0 saturated heterocycles. The molecule has 8 heteroatoms. The predicted octanol–water partition coefficient (Wildman–Crippen LogP) is 4.05. The van der Waals surface area contributed by atoms with Crippen LogP contribution in [0.2, 0.25) is 0 Å². The molecule has 1 aromatic carbocycles. The van der Waals surface area contributed by atoms with Gasteiger partial charge in [-0.15, -0.1) is 0 Å². The Morgan fingerprint density at radius 1 is 1.27 bits per heavy atom. The third-order valence-electron chi connectivity index (χ3n) is 4.91. The molecule has 3 rings (SSSR count). The van der Waals surface area contributed by atoms with Crippen LogP contribution in [0.1, 0.15) is 61.4 Å². The monoisotopic (exact) mass is 428 g/mol. The molecule has 0 radical (unpaired) electrons. The van der Waals surface area contributed by atoms with Crippen molar-refractivity contribution >= 4 is 33.4 Å². The minimum absolute atomic E-state index is 0.00359. The first-order valence-corrected chi connectivity index (χ1v) is 11.0. The van der Waals surface area contributed by atoms with Crippen LogP contribution >= 0.6 is 11.3 Å². The second kappa shape index (κ2) is 9.38. The number of aryl methyl sites for hydroxylation is 2. The normalized spacial score (nSPS) is 12.1. The topological polar surface area (TPSA) is 78.5 Å². The molecule has 0 aliphatic heterocycles. The van der Waals surface area contributed by atoms with Crippen LogP contribution in [0.25, 0.3) is 10.2 Å². The van der Waals surface area contributed by atoms with Gasteiger partial charge in [-0.2, -0.15) is 10.1 Å². The maximum atomic E-state index is 12.8. The number of carbonyl (C=O) groups is 2. The average Bonchev–Trinajstić information content (AvgIpc) is 3.26. The number of esters is 1. The fourth-order valence-corrected chi connectivity index (χ4v) is 4.44. The second-order valence-electron chi connectivity index (χ2n) is 7.58. The summed E-state index contributed by atoms with van der Waals surface area (Å²) >= 11 is 1.40. The lowest BCUT2D eigenvalue weighted by Gasteiger charge is -2.06. The molecule has 3 aromatic rings. The summed E-state index contributed by atoms with van der Waals surface area (Å²) in [6.45, 7) is 8.10. The molecule has 160 valence electrons. The molecule has 0 bridgehead atoms. The van der Waals surface area contributed by atoms with Crippen LogP contribution in [0, 0.1) is 6.92 Å². The van der Waals surface area contributed by atoms with Gasteiger partial charge in [0.1, 0.15) is 6.54 Å². The summed E-state index contributed by atoms with van der Waals surface area (Å²) in [6.07, 6.45) is 3.24. The van der Waals surface area contributed by atoms with E-state index in [1.165, 1.54) is 24.0 Å². The number of aromatic nitrogens is 3. The fourth-order valence-electron chi connectivity index (χ4n) is 3.34. The van der Waals surface area contributed by atoms with Crippen molar-refractivity contribution in [3.63, 3.8) is 0 Å². The number of benzene rings is 1. The number of ether oxygens (including phenoxy) is 1. The molecule has 30 heavy (non-hydrogen) atoms. The Hall–Kier alpha value is -2.74. The SMILES string of the molecule is CCCCc1ccc2c(c1)sc(=NC(=O)c1cc(C)n(C(C)C)n1)n2CC(=O)OC. The van der Waals surface area contributed by atoms with Gasteiger partial charge in [-0.25, -0.2) is 0 Å². The van der Waals surface area contributed by atoms with Gasteiger partial charge >= 0.3 is 5.97 Å². The molecule has 0 unspecified atom stereocenters. The van der Waals surface area contributed by atoms with Crippen LogP contribution in [0.15, 0.2) is 29.3 Å². The number of fused-ring (bicyclic) bond motifs is 1. The molecule has 0 fully saturated rings. The Balaban J connectivity index is 2.07. The van der Waals surface area contributed by atoms with E-state index in [0.717, 1.165) is 35.2 Å².